The molecule has 3 saturated carbocycles. The Hall–Kier alpha value is -0.530. The summed E-state index contributed by atoms with van der Waals surface area (Å²) < 4.78 is 0. The molecule has 0 aromatic rings. The normalized spacial score (nSPS) is 20.0. The third-order valence-corrected chi connectivity index (χ3v) is 4.96. The second kappa shape index (κ2) is 20.5. The van der Waals surface area contributed by atoms with E-state index in [9.17, 15) is 4.79 Å². The molecule has 3 aliphatic carbocycles. The van der Waals surface area contributed by atoms with Crippen LogP contribution in [0.4, 0.5) is 0 Å². The van der Waals surface area contributed by atoms with Crippen LogP contribution in [0, 0.1) is 0 Å². The van der Waals surface area contributed by atoms with Crippen molar-refractivity contribution in [3.63, 3.8) is 0 Å². The van der Waals surface area contributed by atoms with Crippen molar-refractivity contribution < 1.29 is 9.90 Å². The molecule has 2 nitrogen and oxygen atoms in total. The zero-order chi connectivity index (χ0) is 17.7. The third kappa shape index (κ3) is 21.5. The molecular weight excluding hydrogens is 296 g/mol. The molecule has 0 bridgehead atoms. The number of rotatable bonds is 2. The number of hydrogen-bond acceptors (Lipinski definition) is 1. The van der Waals surface area contributed by atoms with Crippen LogP contribution in [0.2, 0.25) is 0 Å². The second-order valence-corrected chi connectivity index (χ2v) is 7.51. The molecule has 0 amide bonds. The van der Waals surface area contributed by atoms with E-state index in [1.807, 2.05) is 6.92 Å². The lowest BCUT2D eigenvalue weighted by Gasteiger charge is -2.05. The molecule has 24 heavy (non-hydrogen) atoms. The van der Waals surface area contributed by atoms with Crippen LogP contribution in [0.25, 0.3) is 0 Å². The molecule has 1 N–H and O–H groups in total. The fourth-order valence-corrected chi connectivity index (χ4v) is 3.40. The monoisotopic (exact) mass is 340 g/mol. The SMILES string of the molecule is C1CCCCC1.C1CCCCC1.C1CCCCC1.CCCC(=O)O. The first kappa shape index (κ1) is 23.5. The summed E-state index contributed by atoms with van der Waals surface area (Å²) >= 11 is 0. The van der Waals surface area contributed by atoms with Crippen molar-refractivity contribution in [2.75, 3.05) is 0 Å². The number of carboxylic acid groups (broad SMARTS) is 1. The molecule has 0 aliphatic heterocycles. The quantitative estimate of drug-likeness (QED) is 0.554. The Bertz CT molecular complexity index is 175. The van der Waals surface area contributed by atoms with Crippen molar-refractivity contribution >= 4 is 5.97 Å². The minimum absolute atomic E-state index is 0.292. The lowest BCUT2D eigenvalue weighted by molar-refractivity contribution is -0.137. The summed E-state index contributed by atoms with van der Waals surface area (Å²) in [5.41, 5.74) is 0. The fraction of sp³-hybridized carbons (Fsp3) is 0.955. The van der Waals surface area contributed by atoms with Gasteiger partial charge in [-0.05, 0) is 6.42 Å². The molecule has 0 aromatic heterocycles. The topological polar surface area (TPSA) is 37.3 Å². The average Bonchev–Trinajstić information content (AvgIpc) is 2.67. The molecule has 0 atom stereocenters. The average molecular weight is 341 g/mol. The molecule has 0 heterocycles. The van der Waals surface area contributed by atoms with Crippen LogP contribution in [0.1, 0.15) is 135 Å². The van der Waals surface area contributed by atoms with E-state index in [0.29, 0.717) is 6.42 Å². The molecular formula is C22H44O2. The number of hydrogen-bond donors (Lipinski definition) is 1. The number of carboxylic acids is 1. The second-order valence-electron chi connectivity index (χ2n) is 7.51. The van der Waals surface area contributed by atoms with Crippen LogP contribution >= 0.6 is 0 Å². The molecule has 0 radical (unpaired) electrons. The van der Waals surface area contributed by atoms with E-state index in [-0.39, 0.29) is 0 Å². The molecule has 144 valence electrons. The molecule has 0 spiro atoms. The maximum absolute atomic E-state index is 9.60. The highest BCUT2D eigenvalue weighted by Crippen LogP contribution is 2.16. The van der Waals surface area contributed by atoms with Gasteiger partial charge in [0.25, 0.3) is 0 Å². The van der Waals surface area contributed by atoms with E-state index in [4.69, 9.17) is 5.11 Å². The van der Waals surface area contributed by atoms with E-state index in [1.165, 1.54) is 116 Å². The van der Waals surface area contributed by atoms with Gasteiger partial charge in [0.1, 0.15) is 0 Å². The summed E-state index contributed by atoms with van der Waals surface area (Å²) in [5.74, 6) is -0.711. The Balaban J connectivity index is 0.000000294. The maximum Gasteiger partial charge on any atom is 0.303 e. The summed E-state index contributed by atoms with van der Waals surface area (Å²) in [4.78, 5) is 9.60. The van der Waals surface area contributed by atoms with Gasteiger partial charge in [0.2, 0.25) is 0 Å². The first-order valence-corrected chi connectivity index (χ1v) is 11.0. The minimum atomic E-state index is -0.711. The van der Waals surface area contributed by atoms with Crippen LogP contribution in [0.5, 0.6) is 0 Å². The van der Waals surface area contributed by atoms with Crippen molar-refractivity contribution in [1.29, 1.82) is 0 Å². The Morgan fingerprint density at radius 1 is 0.542 bits per heavy atom. The minimum Gasteiger partial charge on any atom is -0.481 e. The predicted molar refractivity (Wildman–Crippen MR) is 106 cm³/mol. The Morgan fingerprint density at radius 2 is 0.708 bits per heavy atom. The fourth-order valence-electron chi connectivity index (χ4n) is 3.40. The molecule has 2 heteroatoms. The van der Waals surface area contributed by atoms with Crippen molar-refractivity contribution in [3.8, 4) is 0 Å². The van der Waals surface area contributed by atoms with Crippen LogP contribution in [0.3, 0.4) is 0 Å². The first-order valence-electron chi connectivity index (χ1n) is 11.0. The molecule has 3 fully saturated rings. The van der Waals surface area contributed by atoms with Gasteiger partial charge in [0.05, 0.1) is 0 Å². The van der Waals surface area contributed by atoms with Crippen LogP contribution < -0.4 is 0 Å². The third-order valence-electron chi connectivity index (χ3n) is 4.96. The Kier molecular flexibility index (Phi) is 20.1. The van der Waals surface area contributed by atoms with Crippen molar-refractivity contribution in [1.82, 2.24) is 0 Å². The van der Waals surface area contributed by atoms with E-state index in [1.54, 1.807) is 0 Å². The zero-order valence-corrected chi connectivity index (χ0v) is 16.5. The predicted octanol–water partition coefficient (Wildman–Crippen LogP) is 7.89. The van der Waals surface area contributed by atoms with E-state index >= 15 is 0 Å². The van der Waals surface area contributed by atoms with E-state index in [0.717, 1.165) is 6.42 Å². The van der Waals surface area contributed by atoms with Gasteiger partial charge in [-0.1, -0.05) is 122 Å². The Morgan fingerprint density at radius 3 is 0.750 bits per heavy atom. The smallest absolute Gasteiger partial charge is 0.303 e. The van der Waals surface area contributed by atoms with Crippen LogP contribution in [0.15, 0.2) is 0 Å². The molecule has 0 aromatic carbocycles. The molecule has 0 unspecified atom stereocenters. The largest absolute Gasteiger partial charge is 0.481 e. The van der Waals surface area contributed by atoms with E-state index in [2.05, 4.69) is 0 Å². The summed E-state index contributed by atoms with van der Waals surface area (Å²) in [7, 11) is 0. The standard InChI is InChI=1S/3C6H12.C4H8O2/c3*1-2-4-6-5-3-1;1-2-3-4(5)6/h3*1-6H2;2-3H2,1H3,(H,5,6). The van der Waals surface area contributed by atoms with Crippen LogP contribution in [-0.4, -0.2) is 11.1 Å². The zero-order valence-electron chi connectivity index (χ0n) is 16.5. The van der Waals surface area contributed by atoms with Crippen molar-refractivity contribution in [2.24, 2.45) is 0 Å². The van der Waals surface area contributed by atoms with Gasteiger partial charge in [0, 0.05) is 6.42 Å². The van der Waals surface area contributed by atoms with Gasteiger partial charge in [0.15, 0.2) is 0 Å². The van der Waals surface area contributed by atoms with Gasteiger partial charge in [-0.15, -0.1) is 0 Å². The highest BCUT2D eigenvalue weighted by molar-refractivity contribution is 5.66. The number of carbonyl (C=O) groups is 1. The van der Waals surface area contributed by atoms with E-state index < -0.39 is 5.97 Å². The number of aliphatic carboxylic acids is 1. The lowest BCUT2D eigenvalue weighted by Crippen LogP contribution is -1.90. The Labute approximate surface area is 151 Å². The summed E-state index contributed by atoms with van der Waals surface area (Å²) in [6, 6.07) is 0. The van der Waals surface area contributed by atoms with Crippen molar-refractivity contribution in [3.05, 3.63) is 0 Å². The summed E-state index contributed by atoms with van der Waals surface area (Å²) in [5, 5.41) is 7.91. The lowest BCUT2D eigenvalue weighted by atomic mass is 10.0. The van der Waals surface area contributed by atoms with Gasteiger partial charge in [-0.3, -0.25) is 4.79 Å². The highest BCUT2D eigenvalue weighted by Gasteiger charge is 1.96. The first-order chi connectivity index (χ1) is 11.8. The highest BCUT2D eigenvalue weighted by atomic mass is 16.4. The summed E-state index contributed by atoms with van der Waals surface area (Å²) in [6.45, 7) is 1.84. The molecule has 3 rings (SSSR count). The maximum atomic E-state index is 9.60. The molecule has 3 aliphatic rings. The molecule has 0 saturated heterocycles. The van der Waals surface area contributed by atoms with Gasteiger partial charge in [-0.2, -0.15) is 0 Å². The van der Waals surface area contributed by atoms with Gasteiger partial charge < -0.3 is 5.11 Å². The van der Waals surface area contributed by atoms with Gasteiger partial charge in [-0.25, -0.2) is 0 Å². The van der Waals surface area contributed by atoms with Crippen molar-refractivity contribution in [2.45, 2.75) is 135 Å². The van der Waals surface area contributed by atoms with Crippen LogP contribution in [-0.2, 0) is 4.79 Å². The van der Waals surface area contributed by atoms with Gasteiger partial charge >= 0.3 is 5.97 Å². The summed E-state index contributed by atoms with van der Waals surface area (Å²) in [6.07, 6.45) is 28.0.